The Morgan fingerprint density at radius 2 is 1.69 bits per heavy atom. The van der Waals surface area contributed by atoms with Crippen molar-refractivity contribution in [2.24, 2.45) is 0 Å². The lowest BCUT2D eigenvalue weighted by Gasteiger charge is -2.38. The van der Waals surface area contributed by atoms with Gasteiger partial charge in [-0.3, -0.25) is 4.79 Å². The molecular weight excluding hydrogens is 162 g/mol. The van der Waals surface area contributed by atoms with Gasteiger partial charge in [0, 0.05) is 18.5 Å². The van der Waals surface area contributed by atoms with Crippen LogP contribution in [0.15, 0.2) is 0 Å². The summed E-state index contributed by atoms with van der Waals surface area (Å²) in [6.07, 6.45) is 2.99. The molecule has 0 atom stereocenters. The van der Waals surface area contributed by atoms with Crippen LogP contribution in [0.3, 0.4) is 0 Å². The molecule has 1 fully saturated rings. The highest BCUT2D eigenvalue weighted by Crippen LogP contribution is 2.20. The number of hydrogen-bond acceptors (Lipinski definition) is 1. The standard InChI is InChI=1S/C9H17NO.C2H6/c1-9(2,3)10-7-5-4-6-8(10)11;1-2/h4-7H2,1-3H3;1-2H3. The van der Waals surface area contributed by atoms with E-state index in [2.05, 4.69) is 20.8 Å². The van der Waals surface area contributed by atoms with Crippen molar-refractivity contribution in [2.45, 2.75) is 59.4 Å². The number of likely N-dealkylation sites (tertiary alicyclic amines) is 1. The predicted molar refractivity (Wildman–Crippen MR) is 56.7 cm³/mol. The van der Waals surface area contributed by atoms with Crippen LogP contribution in [0.1, 0.15) is 53.9 Å². The fourth-order valence-corrected chi connectivity index (χ4v) is 1.52. The molecule has 0 radical (unpaired) electrons. The van der Waals surface area contributed by atoms with E-state index in [4.69, 9.17) is 0 Å². The number of carbonyl (C=O) groups excluding carboxylic acids is 1. The highest BCUT2D eigenvalue weighted by molar-refractivity contribution is 5.77. The van der Waals surface area contributed by atoms with Gasteiger partial charge in [0.25, 0.3) is 0 Å². The van der Waals surface area contributed by atoms with Crippen LogP contribution in [0.2, 0.25) is 0 Å². The SMILES string of the molecule is CC.CC(C)(C)N1CCCCC1=O. The van der Waals surface area contributed by atoms with E-state index in [9.17, 15) is 4.79 Å². The molecule has 78 valence electrons. The van der Waals surface area contributed by atoms with E-state index in [1.54, 1.807) is 0 Å². The summed E-state index contributed by atoms with van der Waals surface area (Å²) >= 11 is 0. The zero-order valence-electron chi connectivity index (χ0n) is 9.68. The Kier molecular flexibility index (Phi) is 5.04. The summed E-state index contributed by atoms with van der Waals surface area (Å²) in [6.45, 7) is 11.2. The monoisotopic (exact) mass is 185 g/mol. The lowest BCUT2D eigenvalue weighted by atomic mass is 10.0. The van der Waals surface area contributed by atoms with Crippen LogP contribution >= 0.6 is 0 Å². The molecule has 0 saturated carbocycles. The maximum Gasteiger partial charge on any atom is 0.222 e. The Morgan fingerprint density at radius 3 is 2.00 bits per heavy atom. The van der Waals surface area contributed by atoms with Gasteiger partial charge >= 0.3 is 0 Å². The maximum absolute atomic E-state index is 11.4. The predicted octanol–water partition coefficient (Wildman–Crippen LogP) is 2.82. The largest absolute Gasteiger partial charge is 0.338 e. The Morgan fingerprint density at radius 1 is 1.15 bits per heavy atom. The minimum atomic E-state index is 0.0253. The van der Waals surface area contributed by atoms with Crippen molar-refractivity contribution in [3.63, 3.8) is 0 Å². The third kappa shape index (κ3) is 3.79. The average molecular weight is 185 g/mol. The molecule has 0 aromatic carbocycles. The molecule has 1 aliphatic heterocycles. The molecule has 2 nitrogen and oxygen atoms in total. The van der Waals surface area contributed by atoms with Gasteiger partial charge in [0.1, 0.15) is 0 Å². The van der Waals surface area contributed by atoms with Crippen molar-refractivity contribution in [1.29, 1.82) is 0 Å². The second-order valence-corrected chi connectivity index (χ2v) is 4.17. The summed E-state index contributed by atoms with van der Waals surface area (Å²) in [5.74, 6) is 0.323. The normalized spacial score (nSPS) is 17.9. The summed E-state index contributed by atoms with van der Waals surface area (Å²) in [4.78, 5) is 13.3. The van der Waals surface area contributed by atoms with Crippen molar-refractivity contribution < 1.29 is 4.79 Å². The van der Waals surface area contributed by atoms with Gasteiger partial charge in [-0.2, -0.15) is 0 Å². The first-order valence-electron chi connectivity index (χ1n) is 5.32. The second-order valence-electron chi connectivity index (χ2n) is 4.17. The topological polar surface area (TPSA) is 20.3 Å². The number of hydrogen-bond donors (Lipinski definition) is 0. The fraction of sp³-hybridized carbons (Fsp3) is 0.909. The first-order valence-corrected chi connectivity index (χ1v) is 5.32. The first kappa shape index (κ1) is 12.5. The summed E-state index contributed by atoms with van der Waals surface area (Å²) in [7, 11) is 0. The number of rotatable bonds is 0. The number of amides is 1. The van der Waals surface area contributed by atoms with Gasteiger partial charge in [0.15, 0.2) is 0 Å². The van der Waals surface area contributed by atoms with Gasteiger partial charge in [0.05, 0.1) is 0 Å². The van der Waals surface area contributed by atoms with Crippen molar-refractivity contribution in [3.8, 4) is 0 Å². The lowest BCUT2D eigenvalue weighted by molar-refractivity contribution is -0.138. The van der Waals surface area contributed by atoms with Crippen LogP contribution in [0.4, 0.5) is 0 Å². The molecule has 1 rings (SSSR count). The van der Waals surface area contributed by atoms with E-state index in [0.29, 0.717) is 5.91 Å². The summed E-state index contributed by atoms with van der Waals surface area (Å²) in [5.41, 5.74) is 0.0253. The summed E-state index contributed by atoms with van der Waals surface area (Å²) in [6, 6.07) is 0. The third-order valence-corrected chi connectivity index (χ3v) is 2.13. The van der Waals surface area contributed by atoms with Gasteiger partial charge in [-0.25, -0.2) is 0 Å². The lowest BCUT2D eigenvalue weighted by Crippen LogP contribution is -2.47. The van der Waals surface area contributed by atoms with E-state index >= 15 is 0 Å². The highest BCUT2D eigenvalue weighted by atomic mass is 16.2. The van der Waals surface area contributed by atoms with Crippen LogP contribution in [-0.4, -0.2) is 22.9 Å². The van der Waals surface area contributed by atoms with Crippen LogP contribution in [-0.2, 0) is 4.79 Å². The van der Waals surface area contributed by atoms with Gasteiger partial charge in [-0.05, 0) is 33.6 Å². The smallest absolute Gasteiger partial charge is 0.222 e. The van der Waals surface area contributed by atoms with Crippen LogP contribution in [0.25, 0.3) is 0 Å². The molecule has 0 N–H and O–H groups in total. The Hall–Kier alpha value is -0.530. The Bertz CT molecular complexity index is 158. The zero-order chi connectivity index (χ0) is 10.5. The molecule has 1 heterocycles. The molecule has 1 aliphatic rings. The van der Waals surface area contributed by atoms with E-state index in [-0.39, 0.29) is 5.54 Å². The minimum Gasteiger partial charge on any atom is -0.338 e. The van der Waals surface area contributed by atoms with Crippen LogP contribution < -0.4 is 0 Å². The average Bonchev–Trinajstić information content (AvgIpc) is 2.07. The quantitative estimate of drug-likeness (QED) is 0.568. The van der Waals surface area contributed by atoms with Crippen molar-refractivity contribution >= 4 is 5.91 Å². The molecule has 1 saturated heterocycles. The number of carbonyl (C=O) groups is 1. The molecule has 2 heteroatoms. The minimum absolute atomic E-state index is 0.0253. The molecular formula is C11H23NO. The highest BCUT2D eigenvalue weighted by Gasteiger charge is 2.27. The molecule has 0 aromatic heterocycles. The molecule has 0 spiro atoms. The van der Waals surface area contributed by atoms with Crippen molar-refractivity contribution in [2.75, 3.05) is 6.54 Å². The van der Waals surface area contributed by atoms with Crippen molar-refractivity contribution in [3.05, 3.63) is 0 Å². The Balaban J connectivity index is 0.000000671. The van der Waals surface area contributed by atoms with Crippen LogP contribution in [0, 0.1) is 0 Å². The van der Waals surface area contributed by atoms with E-state index < -0.39 is 0 Å². The van der Waals surface area contributed by atoms with Crippen molar-refractivity contribution in [1.82, 2.24) is 4.90 Å². The van der Waals surface area contributed by atoms with Gasteiger partial charge < -0.3 is 4.90 Å². The molecule has 0 unspecified atom stereocenters. The summed E-state index contributed by atoms with van der Waals surface area (Å²) in [5, 5.41) is 0. The van der Waals surface area contributed by atoms with E-state index in [0.717, 1.165) is 19.4 Å². The molecule has 1 amide bonds. The molecule has 0 aliphatic carbocycles. The van der Waals surface area contributed by atoms with Gasteiger partial charge in [0.2, 0.25) is 5.91 Å². The number of piperidine rings is 1. The molecule has 0 aromatic rings. The summed E-state index contributed by atoms with van der Waals surface area (Å²) < 4.78 is 0. The van der Waals surface area contributed by atoms with E-state index in [1.165, 1.54) is 6.42 Å². The van der Waals surface area contributed by atoms with Gasteiger partial charge in [-0.1, -0.05) is 13.8 Å². The molecule has 13 heavy (non-hydrogen) atoms. The second kappa shape index (κ2) is 5.25. The third-order valence-electron chi connectivity index (χ3n) is 2.13. The first-order chi connectivity index (χ1) is 6.02. The fourth-order valence-electron chi connectivity index (χ4n) is 1.52. The van der Waals surface area contributed by atoms with E-state index in [1.807, 2.05) is 18.7 Å². The zero-order valence-corrected chi connectivity index (χ0v) is 9.68. The van der Waals surface area contributed by atoms with Crippen LogP contribution in [0.5, 0.6) is 0 Å². The molecule has 0 bridgehead atoms. The maximum atomic E-state index is 11.4. The number of nitrogens with zero attached hydrogens (tertiary/aromatic N) is 1. The Labute approximate surface area is 82.3 Å². The van der Waals surface area contributed by atoms with Gasteiger partial charge in [-0.15, -0.1) is 0 Å².